The number of thiophene rings is 1. The van der Waals surface area contributed by atoms with Crippen LogP contribution >= 0.6 is 11.3 Å². The number of rotatable bonds is 8. The van der Waals surface area contributed by atoms with Gasteiger partial charge in [0.05, 0.1) is 6.54 Å². The first-order chi connectivity index (χ1) is 13.7. The Hall–Kier alpha value is -2.03. The predicted octanol–water partition coefficient (Wildman–Crippen LogP) is 5.67. The lowest BCUT2D eigenvalue weighted by Gasteiger charge is -2.12. The van der Waals surface area contributed by atoms with Crippen molar-refractivity contribution in [2.75, 3.05) is 4.72 Å². The first-order valence-electron chi connectivity index (χ1n) is 9.54. The average molecular weight is 436 g/mol. The standard InChI is InChI=1S/C21H26FN3O2S2/c1-13(2)9-17-11-18(21(28-17)24-29(26)27)15-5-6-16(19(22)10-15)12-25-8-7-23-20(25)14(3)4/h5-8,10-11,13-14,24H,9,12H2,1-4H3,(H,26,27). The fourth-order valence-corrected chi connectivity index (χ4v) is 5.09. The molecule has 156 valence electrons. The summed E-state index contributed by atoms with van der Waals surface area (Å²) in [5.74, 6) is 1.32. The molecular formula is C21H26FN3O2S2. The van der Waals surface area contributed by atoms with E-state index in [0.29, 0.717) is 28.6 Å². The number of nitrogens with one attached hydrogen (secondary N) is 1. The molecule has 2 N–H and O–H groups in total. The smallest absolute Gasteiger partial charge is 0.259 e. The van der Waals surface area contributed by atoms with Crippen molar-refractivity contribution in [1.82, 2.24) is 9.55 Å². The molecule has 0 saturated carbocycles. The second-order valence-corrected chi connectivity index (χ2v) is 9.62. The zero-order chi connectivity index (χ0) is 21.1. The Bertz CT molecular complexity index is 1010. The van der Waals surface area contributed by atoms with Crippen molar-refractivity contribution >= 4 is 27.6 Å². The van der Waals surface area contributed by atoms with Crippen molar-refractivity contribution in [2.45, 2.75) is 46.6 Å². The number of benzene rings is 1. The van der Waals surface area contributed by atoms with E-state index in [1.54, 1.807) is 12.3 Å². The first-order valence-corrected chi connectivity index (χ1v) is 11.5. The Morgan fingerprint density at radius 2 is 2.03 bits per heavy atom. The van der Waals surface area contributed by atoms with Crippen LogP contribution in [0.4, 0.5) is 9.39 Å². The highest BCUT2D eigenvalue weighted by Crippen LogP contribution is 2.38. The van der Waals surface area contributed by atoms with E-state index in [2.05, 4.69) is 37.4 Å². The molecule has 0 aliphatic heterocycles. The molecule has 3 aromatic rings. The molecule has 1 aromatic carbocycles. The summed E-state index contributed by atoms with van der Waals surface area (Å²) in [6.07, 6.45) is 4.45. The number of hydrogen-bond donors (Lipinski definition) is 2. The minimum Gasteiger partial charge on any atom is -0.330 e. The monoisotopic (exact) mass is 435 g/mol. The van der Waals surface area contributed by atoms with Gasteiger partial charge in [0.1, 0.15) is 16.6 Å². The molecule has 0 bridgehead atoms. The van der Waals surface area contributed by atoms with Crippen molar-refractivity contribution < 1.29 is 13.2 Å². The topological polar surface area (TPSA) is 67.2 Å². The van der Waals surface area contributed by atoms with Crippen LogP contribution in [0.2, 0.25) is 0 Å². The van der Waals surface area contributed by atoms with Gasteiger partial charge in [0.15, 0.2) is 0 Å². The maximum absolute atomic E-state index is 14.9. The highest BCUT2D eigenvalue weighted by atomic mass is 32.2. The SMILES string of the molecule is CC(C)Cc1cc(-c2ccc(Cn3ccnc3C(C)C)c(F)c2)c(NS(=O)O)s1. The maximum Gasteiger partial charge on any atom is 0.259 e. The Morgan fingerprint density at radius 3 is 2.66 bits per heavy atom. The molecule has 0 aliphatic rings. The van der Waals surface area contributed by atoms with Gasteiger partial charge in [-0.3, -0.25) is 9.27 Å². The van der Waals surface area contributed by atoms with Crippen molar-refractivity contribution in [2.24, 2.45) is 5.92 Å². The van der Waals surface area contributed by atoms with Gasteiger partial charge in [0.2, 0.25) is 0 Å². The van der Waals surface area contributed by atoms with Crippen molar-refractivity contribution in [3.05, 3.63) is 58.7 Å². The van der Waals surface area contributed by atoms with E-state index in [9.17, 15) is 13.2 Å². The highest BCUT2D eigenvalue weighted by molar-refractivity contribution is 7.80. The minimum absolute atomic E-state index is 0.255. The summed E-state index contributed by atoms with van der Waals surface area (Å²) < 4.78 is 40.0. The van der Waals surface area contributed by atoms with Crippen LogP contribution < -0.4 is 4.72 Å². The van der Waals surface area contributed by atoms with Crippen LogP contribution in [0.3, 0.4) is 0 Å². The summed E-state index contributed by atoms with van der Waals surface area (Å²) in [5, 5.41) is 0.574. The second-order valence-electron chi connectivity index (χ2n) is 7.78. The maximum atomic E-state index is 14.9. The van der Waals surface area contributed by atoms with Gasteiger partial charge >= 0.3 is 0 Å². The minimum atomic E-state index is -2.18. The van der Waals surface area contributed by atoms with Gasteiger partial charge in [-0.05, 0) is 30.0 Å². The van der Waals surface area contributed by atoms with Gasteiger partial charge in [0.25, 0.3) is 11.3 Å². The lowest BCUT2D eigenvalue weighted by atomic mass is 10.0. The van der Waals surface area contributed by atoms with Crippen molar-refractivity contribution in [3.8, 4) is 11.1 Å². The molecule has 0 saturated heterocycles. The van der Waals surface area contributed by atoms with Crippen LogP contribution in [0.5, 0.6) is 0 Å². The summed E-state index contributed by atoms with van der Waals surface area (Å²) in [6.45, 7) is 8.76. The zero-order valence-electron chi connectivity index (χ0n) is 17.0. The number of imidazole rings is 1. The fraction of sp³-hybridized carbons (Fsp3) is 0.381. The van der Waals surface area contributed by atoms with Crippen LogP contribution in [0, 0.1) is 11.7 Å². The molecule has 3 rings (SSSR count). The van der Waals surface area contributed by atoms with Crippen LogP contribution in [0.15, 0.2) is 36.7 Å². The number of hydrogen-bond acceptors (Lipinski definition) is 3. The number of anilines is 1. The van der Waals surface area contributed by atoms with Gasteiger partial charge in [0, 0.05) is 34.3 Å². The van der Waals surface area contributed by atoms with Gasteiger partial charge in [-0.1, -0.05) is 39.8 Å². The zero-order valence-corrected chi connectivity index (χ0v) is 18.6. The molecule has 29 heavy (non-hydrogen) atoms. The molecule has 0 aliphatic carbocycles. The lowest BCUT2D eigenvalue weighted by molar-refractivity contribution is 0.570. The number of halogens is 1. The van der Waals surface area contributed by atoms with E-state index >= 15 is 0 Å². The Balaban J connectivity index is 1.92. The van der Waals surface area contributed by atoms with Gasteiger partial charge in [-0.2, -0.15) is 0 Å². The lowest BCUT2D eigenvalue weighted by Crippen LogP contribution is -2.07. The highest BCUT2D eigenvalue weighted by Gasteiger charge is 2.16. The predicted molar refractivity (Wildman–Crippen MR) is 118 cm³/mol. The second kappa shape index (κ2) is 9.19. The van der Waals surface area contributed by atoms with E-state index in [1.807, 2.05) is 22.9 Å². The number of nitrogens with zero attached hydrogens (tertiary/aromatic N) is 2. The molecule has 5 nitrogen and oxygen atoms in total. The van der Waals surface area contributed by atoms with E-state index in [0.717, 1.165) is 22.7 Å². The summed E-state index contributed by atoms with van der Waals surface area (Å²) >= 11 is -0.751. The third-order valence-corrected chi connectivity index (χ3v) is 6.12. The molecule has 8 heteroatoms. The molecular weight excluding hydrogens is 409 g/mol. The van der Waals surface area contributed by atoms with Crippen molar-refractivity contribution in [1.29, 1.82) is 0 Å². The summed E-state index contributed by atoms with van der Waals surface area (Å²) in [7, 11) is 0. The summed E-state index contributed by atoms with van der Waals surface area (Å²) in [4.78, 5) is 5.44. The van der Waals surface area contributed by atoms with Crippen LogP contribution in [0.1, 0.15) is 49.9 Å². The first kappa shape index (κ1) is 21.7. The van der Waals surface area contributed by atoms with Crippen LogP contribution in [0.25, 0.3) is 11.1 Å². The number of aromatic nitrogens is 2. The quantitative estimate of drug-likeness (QED) is 0.448. The summed E-state index contributed by atoms with van der Waals surface area (Å²) in [6, 6.07) is 7.10. The Kier molecular flexibility index (Phi) is 6.87. The molecule has 1 atom stereocenters. The van der Waals surface area contributed by atoms with E-state index in [-0.39, 0.29) is 11.7 Å². The van der Waals surface area contributed by atoms with Gasteiger partial charge < -0.3 is 4.57 Å². The van der Waals surface area contributed by atoms with Gasteiger partial charge in [-0.25, -0.2) is 13.6 Å². The molecule has 0 radical (unpaired) electrons. The Labute approximate surface area is 177 Å². The van der Waals surface area contributed by atoms with E-state index in [4.69, 9.17) is 0 Å². The summed E-state index contributed by atoms with van der Waals surface area (Å²) in [5.41, 5.74) is 2.00. The molecule has 0 amide bonds. The normalized spacial score (nSPS) is 12.7. The average Bonchev–Trinajstić information content (AvgIpc) is 3.22. The van der Waals surface area contributed by atoms with E-state index < -0.39 is 11.3 Å². The van der Waals surface area contributed by atoms with Crippen LogP contribution in [-0.4, -0.2) is 18.3 Å². The third-order valence-electron chi connectivity index (χ3n) is 4.54. The van der Waals surface area contributed by atoms with Gasteiger partial charge in [-0.15, -0.1) is 11.3 Å². The molecule has 1 unspecified atom stereocenters. The van der Waals surface area contributed by atoms with Crippen molar-refractivity contribution in [3.63, 3.8) is 0 Å². The third kappa shape index (κ3) is 5.32. The Morgan fingerprint density at radius 1 is 1.28 bits per heavy atom. The largest absolute Gasteiger partial charge is 0.330 e. The van der Waals surface area contributed by atoms with E-state index in [1.165, 1.54) is 17.4 Å². The molecule has 0 spiro atoms. The van der Waals surface area contributed by atoms with Crippen LogP contribution in [-0.2, 0) is 24.2 Å². The molecule has 2 aromatic heterocycles. The molecule has 0 fully saturated rings. The molecule has 2 heterocycles. The fourth-order valence-electron chi connectivity index (χ4n) is 3.30.